The Morgan fingerprint density at radius 3 is 1.96 bits per heavy atom. The number of likely N-dealkylation sites (N-methyl/N-ethyl adjacent to an activating group) is 1. The maximum atomic E-state index is 12.9. The van der Waals surface area contributed by atoms with Crippen LogP contribution in [0.2, 0.25) is 0 Å². The molecule has 4 nitrogen and oxygen atoms in total. The second kappa shape index (κ2) is 10.4. The first-order valence-electron chi connectivity index (χ1n) is 9.24. The molecule has 1 atom stereocenters. The van der Waals surface area contributed by atoms with Crippen molar-refractivity contribution in [3.63, 3.8) is 0 Å². The average molecular weight is 352 g/mol. The Hall–Kier alpha value is -2.62. The van der Waals surface area contributed by atoms with Crippen molar-refractivity contribution in [2.45, 2.75) is 38.6 Å². The number of carbonyl (C=O) groups excluding carboxylic acids is 2. The van der Waals surface area contributed by atoms with Crippen molar-refractivity contribution in [2.24, 2.45) is 0 Å². The standard InChI is InChI=1S/C22H28N2O2/c1-3-20(22(26)23-2)24(17-16-19-12-8-5-9-13-19)21(25)15-14-18-10-6-4-7-11-18/h4-13,20H,3,14-17H2,1-2H3,(H,23,26)/t20-/m0/s1. The van der Waals surface area contributed by atoms with Gasteiger partial charge in [0, 0.05) is 20.0 Å². The van der Waals surface area contributed by atoms with E-state index in [0.29, 0.717) is 25.8 Å². The summed E-state index contributed by atoms with van der Waals surface area (Å²) in [5.74, 6) is -0.0751. The first-order chi connectivity index (χ1) is 12.7. The molecule has 4 heteroatoms. The molecule has 0 aliphatic rings. The van der Waals surface area contributed by atoms with Gasteiger partial charge in [0.25, 0.3) is 0 Å². The minimum atomic E-state index is -0.424. The lowest BCUT2D eigenvalue weighted by atomic mass is 10.1. The Bertz CT molecular complexity index is 686. The maximum Gasteiger partial charge on any atom is 0.242 e. The summed E-state index contributed by atoms with van der Waals surface area (Å²) < 4.78 is 0. The van der Waals surface area contributed by atoms with Crippen LogP contribution in [0.25, 0.3) is 0 Å². The van der Waals surface area contributed by atoms with E-state index in [2.05, 4.69) is 5.32 Å². The van der Waals surface area contributed by atoms with Crippen LogP contribution >= 0.6 is 0 Å². The van der Waals surface area contributed by atoms with Crippen molar-refractivity contribution in [1.29, 1.82) is 0 Å². The van der Waals surface area contributed by atoms with Crippen molar-refractivity contribution >= 4 is 11.8 Å². The van der Waals surface area contributed by atoms with Crippen molar-refractivity contribution in [1.82, 2.24) is 10.2 Å². The number of hydrogen-bond donors (Lipinski definition) is 1. The molecule has 1 N–H and O–H groups in total. The van der Waals surface area contributed by atoms with E-state index in [1.54, 1.807) is 11.9 Å². The molecule has 0 aliphatic heterocycles. The fourth-order valence-electron chi connectivity index (χ4n) is 3.10. The van der Waals surface area contributed by atoms with E-state index in [0.717, 1.165) is 12.0 Å². The molecule has 0 aromatic heterocycles. The number of nitrogens with zero attached hydrogens (tertiary/aromatic N) is 1. The van der Waals surface area contributed by atoms with E-state index >= 15 is 0 Å². The molecule has 138 valence electrons. The van der Waals surface area contributed by atoms with Crippen molar-refractivity contribution < 1.29 is 9.59 Å². The largest absolute Gasteiger partial charge is 0.357 e. The summed E-state index contributed by atoms with van der Waals surface area (Å²) >= 11 is 0. The fraction of sp³-hybridized carbons (Fsp3) is 0.364. The van der Waals surface area contributed by atoms with E-state index in [4.69, 9.17) is 0 Å². The van der Waals surface area contributed by atoms with Crippen molar-refractivity contribution in [3.05, 3.63) is 71.8 Å². The van der Waals surface area contributed by atoms with Crippen LogP contribution in [0.5, 0.6) is 0 Å². The number of hydrogen-bond acceptors (Lipinski definition) is 2. The second-order valence-corrected chi connectivity index (χ2v) is 6.35. The molecule has 0 bridgehead atoms. The highest BCUT2D eigenvalue weighted by Crippen LogP contribution is 2.12. The molecular formula is C22H28N2O2. The summed E-state index contributed by atoms with van der Waals surface area (Å²) in [6.45, 7) is 2.49. The third kappa shape index (κ3) is 5.73. The molecule has 0 heterocycles. The zero-order valence-electron chi connectivity index (χ0n) is 15.7. The first kappa shape index (κ1) is 19.7. The molecule has 0 radical (unpaired) electrons. The number of benzene rings is 2. The predicted molar refractivity (Wildman–Crippen MR) is 105 cm³/mol. The molecule has 2 rings (SSSR count). The number of nitrogens with one attached hydrogen (secondary N) is 1. The summed E-state index contributed by atoms with van der Waals surface area (Å²) in [6.07, 6.45) is 2.44. The fourth-order valence-corrected chi connectivity index (χ4v) is 3.10. The van der Waals surface area contributed by atoms with E-state index < -0.39 is 6.04 Å². The molecule has 0 unspecified atom stereocenters. The van der Waals surface area contributed by atoms with Crippen LogP contribution in [0.4, 0.5) is 0 Å². The van der Waals surface area contributed by atoms with Gasteiger partial charge < -0.3 is 10.2 Å². The van der Waals surface area contributed by atoms with E-state index in [9.17, 15) is 9.59 Å². The zero-order valence-corrected chi connectivity index (χ0v) is 15.7. The second-order valence-electron chi connectivity index (χ2n) is 6.35. The topological polar surface area (TPSA) is 49.4 Å². The molecule has 0 spiro atoms. The number of amides is 2. The summed E-state index contributed by atoms with van der Waals surface area (Å²) in [5.41, 5.74) is 2.30. The van der Waals surface area contributed by atoms with Crippen LogP contribution in [0, 0.1) is 0 Å². The summed E-state index contributed by atoms with van der Waals surface area (Å²) in [4.78, 5) is 26.9. The van der Waals surface area contributed by atoms with Crippen molar-refractivity contribution in [2.75, 3.05) is 13.6 Å². The number of carbonyl (C=O) groups is 2. The first-order valence-corrected chi connectivity index (χ1v) is 9.24. The molecule has 2 amide bonds. The Morgan fingerprint density at radius 1 is 0.923 bits per heavy atom. The lowest BCUT2D eigenvalue weighted by molar-refractivity contribution is -0.140. The van der Waals surface area contributed by atoms with Crippen LogP contribution in [0.1, 0.15) is 30.9 Å². The molecule has 0 fully saturated rings. The van der Waals surface area contributed by atoms with Crippen molar-refractivity contribution in [3.8, 4) is 0 Å². The highest BCUT2D eigenvalue weighted by atomic mass is 16.2. The molecule has 0 saturated carbocycles. The lowest BCUT2D eigenvalue weighted by Gasteiger charge is -2.30. The summed E-state index contributed by atoms with van der Waals surface area (Å²) in [7, 11) is 1.62. The van der Waals surface area contributed by atoms with Gasteiger partial charge in [-0.3, -0.25) is 9.59 Å². The summed E-state index contributed by atoms with van der Waals surface area (Å²) in [5, 5.41) is 2.69. The van der Waals surface area contributed by atoms with E-state index in [-0.39, 0.29) is 11.8 Å². The van der Waals surface area contributed by atoms with Crippen LogP contribution in [0.15, 0.2) is 60.7 Å². The van der Waals surface area contributed by atoms with Gasteiger partial charge in [0.2, 0.25) is 11.8 Å². The van der Waals surface area contributed by atoms with Gasteiger partial charge in [-0.2, -0.15) is 0 Å². The number of rotatable bonds is 9. The van der Waals surface area contributed by atoms with Crippen LogP contribution < -0.4 is 5.32 Å². The van der Waals surface area contributed by atoms with Gasteiger partial charge >= 0.3 is 0 Å². The monoisotopic (exact) mass is 352 g/mol. The molecule has 0 saturated heterocycles. The lowest BCUT2D eigenvalue weighted by Crippen LogP contribution is -2.49. The average Bonchev–Trinajstić information content (AvgIpc) is 2.70. The minimum Gasteiger partial charge on any atom is -0.357 e. The quantitative estimate of drug-likeness (QED) is 0.753. The molecule has 2 aromatic rings. The third-order valence-electron chi connectivity index (χ3n) is 4.59. The van der Waals surface area contributed by atoms with Gasteiger partial charge in [0.1, 0.15) is 6.04 Å². The van der Waals surface area contributed by atoms with E-state index in [1.165, 1.54) is 5.56 Å². The summed E-state index contributed by atoms with van der Waals surface area (Å²) in [6, 6.07) is 19.6. The molecule has 2 aromatic carbocycles. The van der Waals surface area contributed by atoms with Gasteiger partial charge in [-0.05, 0) is 30.4 Å². The predicted octanol–water partition coefficient (Wildman–Crippen LogP) is 3.22. The molecule has 0 aliphatic carbocycles. The van der Waals surface area contributed by atoms with Gasteiger partial charge in [0.05, 0.1) is 0 Å². The third-order valence-corrected chi connectivity index (χ3v) is 4.59. The zero-order chi connectivity index (χ0) is 18.8. The van der Waals surface area contributed by atoms with Crippen LogP contribution in [-0.2, 0) is 22.4 Å². The highest BCUT2D eigenvalue weighted by molar-refractivity contribution is 5.87. The normalized spacial score (nSPS) is 11.6. The minimum absolute atomic E-state index is 0.0280. The highest BCUT2D eigenvalue weighted by Gasteiger charge is 2.27. The van der Waals surface area contributed by atoms with Crippen LogP contribution in [-0.4, -0.2) is 36.3 Å². The Balaban J connectivity index is 2.07. The molecular weight excluding hydrogens is 324 g/mol. The smallest absolute Gasteiger partial charge is 0.242 e. The molecule has 26 heavy (non-hydrogen) atoms. The Morgan fingerprint density at radius 2 is 1.46 bits per heavy atom. The van der Waals surface area contributed by atoms with Gasteiger partial charge in [-0.1, -0.05) is 67.6 Å². The van der Waals surface area contributed by atoms with Gasteiger partial charge in [0.15, 0.2) is 0 Å². The van der Waals surface area contributed by atoms with E-state index in [1.807, 2.05) is 67.6 Å². The van der Waals surface area contributed by atoms with Gasteiger partial charge in [-0.25, -0.2) is 0 Å². The van der Waals surface area contributed by atoms with Crippen LogP contribution in [0.3, 0.4) is 0 Å². The Kier molecular flexibility index (Phi) is 7.87. The Labute approximate surface area is 156 Å². The maximum absolute atomic E-state index is 12.9. The van der Waals surface area contributed by atoms with Gasteiger partial charge in [-0.15, -0.1) is 0 Å². The SMILES string of the molecule is CC[C@@H](C(=O)NC)N(CCc1ccccc1)C(=O)CCc1ccccc1. The number of aryl methyl sites for hydroxylation is 1.